The first-order chi connectivity index (χ1) is 13.7. The molecule has 0 radical (unpaired) electrons. The van der Waals surface area contributed by atoms with E-state index in [9.17, 15) is 4.79 Å². The highest BCUT2D eigenvalue weighted by atomic mass is 32.2. The van der Waals surface area contributed by atoms with Crippen LogP contribution in [-0.4, -0.2) is 47.9 Å². The van der Waals surface area contributed by atoms with E-state index in [2.05, 4.69) is 15.5 Å². The quantitative estimate of drug-likeness (QED) is 0.624. The fraction of sp³-hybridized carbons (Fsp3) is 0.238. The zero-order valence-corrected chi connectivity index (χ0v) is 16.3. The topological polar surface area (TPSA) is 76.2 Å². The van der Waals surface area contributed by atoms with E-state index >= 15 is 0 Å². The molecule has 2 aromatic carbocycles. The summed E-state index contributed by atoms with van der Waals surface area (Å²) in [5.41, 5.74) is 4.29. The monoisotopic (exact) mass is 395 g/mol. The number of nitrogens with zero attached hydrogens (tertiary/aromatic N) is 1. The van der Waals surface area contributed by atoms with E-state index in [-0.39, 0.29) is 5.91 Å². The molecule has 144 valence electrons. The number of H-pyrrole nitrogens is 1. The van der Waals surface area contributed by atoms with Crippen LogP contribution in [0.5, 0.6) is 11.5 Å². The van der Waals surface area contributed by atoms with Gasteiger partial charge in [0.15, 0.2) is 11.5 Å². The van der Waals surface area contributed by atoms with E-state index < -0.39 is 0 Å². The van der Waals surface area contributed by atoms with Gasteiger partial charge in [0, 0.05) is 23.4 Å². The Bertz CT molecular complexity index is 969. The van der Waals surface area contributed by atoms with Gasteiger partial charge in [0.05, 0.1) is 11.4 Å². The number of thioether (sulfide) groups is 1. The number of rotatable bonds is 6. The predicted molar refractivity (Wildman–Crippen MR) is 111 cm³/mol. The molecule has 1 amide bonds. The minimum absolute atomic E-state index is 0.0535. The molecule has 1 aliphatic heterocycles. The fourth-order valence-electron chi connectivity index (χ4n) is 2.99. The van der Waals surface area contributed by atoms with E-state index in [0.29, 0.717) is 25.3 Å². The SMILES string of the molecule is CSCCNC(=O)c1ccc(-c2cc(-c3ccc4c(c3)OCCO4)n[nH]2)cc1. The molecule has 0 unspecified atom stereocenters. The average molecular weight is 395 g/mol. The Labute approximate surface area is 167 Å². The number of nitrogens with one attached hydrogen (secondary N) is 2. The van der Waals surface area contributed by atoms with E-state index in [4.69, 9.17) is 9.47 Å². The van der Waals surface area contributed by atoms with Gasteiger partial charge in [-0.05, 0) is 48.2 Å². The Morgan fingerprint density at radius 3 is 2.61 bits per heavy atom. The van der Waals surface area contributed by atoms with Crippen molar-refractivity contribution in [2.75, 3.05) is 31.8 Å². The van der Waals surface area contributed by atoms with Crippen LogP contribution in [0.4, 0.5) is 0 Å². The largest absolute Gasteiger partial charge is 0.486 e. The van der Waals surface area contributed by atoms with Gasteiger partial charge in [-0.25, -0.2) is 0 Å². The molecule has 28 heavy (non-hydrogen) atoms. The molecule has 2 heterocycles. The highest BCUT2D eigenvalue weighted by molar-refractivity contribution is 7.98. The average Bonchev–Trinajstić information content (AvgIpc) is 3.24. The Kier molecular flexibility index (Phi) is 5.53. The first kappa shape index (κ1) is 18.4. The van der Waals surface area contributed by atoms with Gasteiger partial charge in [-0.1, -0.05) is 12.1 Å². The van der Waals surface area contributed by atoms with Crippen molar-refractivity contribution in [3.63, 3.8) is 0 Å². The second kappa shape index (κ2) is 8.39. The lowest BCUT2D eigenvalue weighted by molar-refractivity contribution is 0.0956. The summed E-state index contributed by atoms with van der Waals surface area (Å²) in [7, 11) is 0. The highest BCUT2D eigenvalue weighted by Crippen LogP contribution is 2.34. The minimum Gasteiger partial charge on any atom is -0.486 e. The lowest BCUT2D eigenvalue weighted by Gasteiger charge is -2.18. The summed E-state index contributed by atoms with van der Waals surface area (Å²) in [6, 6.07) is 15.3. The highest BCUT2D eigenvalue weighted by Gasteiger charge is 2.14. The van der Waals surface area contributed by atoms with Gasteiger partial charge < -0.3 is 14.8 Å². The molecule has 1 aliphatic rings. The molecular formula is C21H21N3O3S. The maximum absolute atomic E-state index is 12.1. The van der Waals surface area contributed by atoms with Gasteiger partial charge in [0.1, 0.15) is 13.2 Å². The normalized spacial score (nSPS) is 12.6. The number of hydrogen-bond donors (Lipinski definition) is 2. The van der Waals surface area contributed by atoms with Gasteiger partial charge in [-0.3, -0.25) is 9.89 Å². The Hall–Kier alpha value is -2.93. The van der Waals surface area contributed by atoms with Gasteiger partial charge in [0.25, 0.3) is 5.91 Å². The molecule has 7 heteroatoms. The van der Waals surface area contributed by atoms with E-state index in [1.807, 2.05) is 54.8 Å². The molecule has 2 N–H and O–H groups in total. The second-order valence-electron chi connectivity index (χ2n) is 6.35. The number of aromatic nitrogens is 2. The third-order valence-corrected chi connectivity index (χ3v) is 5.08. The molecule has 0 saturated heterocycles. The summed E-state index contributed by atoms with van der Waals surface area (Å²) in [5, 5.41) is 10.4. The van der Waals surface area contributed by atoms with Crippen molar-refractivity contribution >= 4 is 17.7 Å². The molecule has 0 bridgehead atoms. The standard InChI is InChI=1S/C21H21N3O3S/c1-28-11-8-22-21(25)15-4-2-14(3-5-15)17-13-18(24-23-17)16-6-7-19-20(12-16)27-10-9-26-19/h2-7,12-13H,8-11H2,1H3,(H,22,25)(H,23,24). The van der Waals surface area contributed by atoms with Crippen LogP contribution < -0.4 is 14.8 Å². The van der Waals surface area contributed by atoms with Crippen molar-refractivity contribution in [2.24, 2.45) is 0 Å². The number of aromatic amines is 1. The molecule has 4 rings (SSSR count). The fourth-order valence-corrected chi connectivity index (χ4v) is 3.30. The predicted octanol–water partition coefficient (Wildman–Crippen LogP) is 3.61. The molecule has 6 nitrogen and oxygen atoms in total. The van der Waals surface area contributed by atoms with E-state index in [1.54, 1.807) is 11.8 Å². The first-order valence-electron chi connectivity index (χ1n) is 9.07. The third-order valence-electron chi connectivity index (χ3n) is 4.47. The first-order valence-corrected chi connectivity index (χ1v) is 10.5. The van der Waals surface area contributed by atoms with Crippen molar-refractivity contribution in [3.05, 3.63) is 54.1 Å². The lowest BCUT2D eigenvalue weighted by Crippen LogP contribution is -2.25. The van der Waals surface area contributed by atoms with Crippen molar-refractivity contribution in [3.8, 4) is 34.0 Å². The van der Waals surface area contributed by atoms with Gasteiger partial charge in [-0.2, -0.15) is 16.9 Å². The smallest absolute Gasteiger partial charge is 0.251 e. The number of carbonyl (C=O) groups is 1. The zero-order chi connectivity index (χ0) is 19.3. The molecule has 0 spiro atoms. The summed E-state index contributed by atoms with van der Waals surface area (Å²) in [4.78, 5) is 12.1. The lowest BCUT2D eigenvalue weighted by atomic mass is 10.1. The number of carbonyl (C=O) groups excluding carboxylic acids is 1. The van der Waals surface area contributed by atoms with Crippen LogP contribution >= 0.6 is 11.8 Å². The maximum Gasteiger partial charge on any atom is 0.251 e. The van der Waals surface area contributed by atoms with Crippen LogP contribution in [0.3, 0.4) is 0 Å². The van der Waals surface area contributed by atoms with E-state index in [0.717, 1.165) is 39.8 Å². The van der Waals surface area contributed by atoms with Crippen LogP contribution in [0.15, 0.2) is 48.5 Å². The Balaban J connectivity index is 1.49. The van der Waals surface area contributed by atoms with Crippen LogP contribution in [0, 0.1) is 0 Å². The Morgan fingerprint density at radius 2 is 1.82 bits per heavy atom. The number of benzene rings is 2. The summed E-state index contributed by atoms with van der Waals surface area (Å²) in [6.07, 6.45) is 2.02. The molecule has 1 aromatic heterocycles. The number of fused-ring (bicyclic) bond motifs is 1. The summed E-state index contributed by atoms with van der Waals surface area (Å²) < 4.78 is 11.2. The summed E-state index contributed by atoms with van der Waals surface area (Å²) in [6.45, 7) is 1.80. The second-order valence-corrected chi connectivity index (χ2v) is 7.34. The van der Waals surface area contributed by atoms with Gasteiger partial charge in [-0.15, -0.1) is 0 Å². The van der Waals surface area contributed by atoms with Crippen molar-refractivity contribution in [1.29, 1.82) is 0 Å². The van der Waals surface area contributed by atoms with Crippen molar-refractivity contribution in [2.45, 2.75) is 0 Å². The molecule has 0 atom stereocenters. The molecule has 0 aliphatic carbocycles. The van der Waals surface area contributed by atoms with Crippen LogP contribution in [0.1, 0.15) is 10.4 Å². The van der Waals surface area contributed by atoms with Gasteiger partial charge >= 0.3 is 0 Å². The molecular weight excluding hydrogens is 374 g/mol. The van der Waals surface area contributed by atoms with Gasteiger partial charge in [0.2, 0.25) is 0 Å². The number of ether oxygens (including phenoxy) is 2. The van der Waals surface area contributed by atoms with Crippen LogP contribution in [0.2, 0.25) is 0 Å². The Morgan fingerprint density at radius 1 is 1.07 bits per heavy atom. The van der Waals surface area contributed by atoms with E-state index in [1.165, 1.54) is 0 Å². The summed E-state index contributed by atoms with van der Waals surface area (Å²) >= 11 is 1.71. The minimum atomic E-state index is -0.0535. The van der Waals surface area contributed by atoms with Crippen molar-refractivity contribution in [1.82, 2.24) is 15.5 Å². The molecule has 0 fully saturated rings. The zero-order valence-electron chi connectivity index (χ0n) is 15.5. The van der Waals surface area contributed by atoms with Crippen LogP contribution in [0.25, 0.3) is 22.5 Å². The molecule has 0 saturated carbocycles. The molecule has 3 aromatic rings. The maximum atomic E-state index is 12.1. The van der Waals surface area contributed by atoms with Crippen molar-refractivity contribution < 1.29 is 14.3 Å². The number of hydrogen-bond acceptors (Lipinski definition) is 5. The number of amides is 1. The third kappa shape index (κ3) is 3.99. The van der Waals surface area contributed by atoms with Crippen LogP contribution in [-0.2, 0) is 0 Å². The summed E-state index contributed by atoms with van der Waals surface area (Å²) in [5.74, 6) is 2.35.